The second-order valence-corrected chi connectivity index (χ2v) is 3.04. The summed E-state index contributed by atoms with van der Waals surface area (Å²) in [6.45, 7) is 0. The van der Waals surface area contributed by atoms with Crippen LogP contribution in [0.3, 0.4) is 0 Å². The van der Waals surface area contributed by atoms with Gasteiger partial charge < -0.3 is 5.32 Å². The van der Waals surface area contributed by atoms with Crippen molar-refractivity contribution < 1.29 is 4.39 Å². The van der Waals surface area contributed by atoms with E-state index < -0.39 is 5.82 Å². The highest BCUT2D eigenvalue weighted by Crippen LogP contribution is 2.13. The van der Waals surface area contributed by atoms with Crippen molar-refractivity contribution in [1.82, 2.24) is 9.97 Å². The van der Waals surface area contributed by atoms with Gasteiger partial charge >= 0.3 is 0 Å². The number of hydrogen-bond acceptors (Lipinski definition) is 4. The average molecular weight is 214 g/mol. The minimum Gasteiger partial charge on any atom is -0.324 e. The third-order valence-electron chi connectivity index (χ3n) is 1.87. The minimum atomic E-state index is -0.490. The molecule has 16 heavy (non-hydrogen) atoms. The van der Waals surface area contributed by atoms with Crippen molar-refractivity contribution in [3.8, 4) is 6.07 Å². The van der Waals surface area contributed by atoms with Gasteiger partial charge in [-0.1, -0.05) is 6.07 Å². The van der Waals surface area contributed by atoms with E-state index in [9.17, 15) is 4.39 Å². The Morgan fingerprint density at radius 1 is 1.25 bits per heavy atom. The fraction of sp³-hybridized carbons (Fsp3) is 0. The van der Waals surface area contributed by atoms with E-state index in [2.05, 4.69) is 15.3 Å². The van der Waals surface area contributed by atoms with E-state index in [4.69, 9.17) is 5.26 Å². The first-order valence-electron chi connectivity index (χ1n) is 4.52. The van der Waals surface area contributed by atoms with E-state index in [0.29, 0.717) is 11.3 Å². The first kappa shape index (κ1) is 10.1. The van der Waals surface area contributed by atoms with Gasteiger partial charge in [-0.25, -0.2) is 14.4 Å². The fourth-order valence-corrected chi connectivity index (χ4v) is 1.17. The van der Waals surface area contributed by atoms with E-state index >= 15 is 0 Å². The van der Waals surface area contributed by atoms with Gasteiger partial charge in [0, 0.05) is 5.69 Å². The highest BCUT2D eigenvalue weighted by atomic mass is 19.1. The molecule has 4 nitrogen and oxygen atoms in total. The molecule has 1 heterocycles. The molecule has 1 aromatic carbocycles. The van der Waals surface area contributed by atoms with Crippen molar-refractivity contribution in [3.63, 3.8) is 0 Å². The lowest BCUT2D eigenvalue weighted by atomic mass is 10.2. The highest BCUT2D eigenvalue weighted by molar-refractivity contribution is 5.55. The zero-order valence-electron chi connectivity index (χ0n) is 8.18. The smallest absolute Gasteiger partial charge is 0.227 e. The number of nitrogens with zero attached hydrogens (tertiary/aromatic N) is 3. The molecule has 2 aromatic rings. The molecule has 0 fully saturated rings. The van der Waals surface area contributed by atoms with E-state index in [0.717, 1.165) is 12.4 Å². The SMILES string of the molecule is N#Cc1cccc(Nc2ncc(F)cn2)c1. The summed E-state index contributed by atoms with van der Waals surface area (Å²) in [6.07, 6.45) is 2.15. The Hall–Kier alpha value is -2.48. The van der Waals surface area contributed by atoms with Gasteiger partial charge in [-0.05, 0) is 18.2 Å². The van der Waals surface area contributed by atoms with Crippen molar-refractivity contribution in [2.45, 2.75) is 0 Å². The van der Waals surface area contributed by atoms with E-state index in [1.54, 1.807) is 24.3 Å². The van der Waals surface area contributed by atoms with Crippen molar-refractivity contribution in [2.75, 3.05) is 5.32 Å². The van der Waals surface area contributed by atoms with Crippen LogP contribution in [-0.2, 0) is 0 Å². The van der Waals surface area contributed by atoms with Gasteiger partial charge in [-0.2, -0.15) is 5.26 Å². The number of nitrogens with one attached hydrogen (secondary N) is 1. The van der Waals surface area contributed by atoms with Crippen LogP contribution in [0.4, 0.5) is 16.0 Å². The first-order valence-corrected chi connectivity index (χ1v) is 4.52. The number of anilines is 2. The number of halogens is 1. The largest absolute Gasteiger partial charge is 0.324 e. The van der Waals surface area contributed by atoms with Gasteiger partial charge in [-0.3, -0.25) is 0 Å². The molecule has 1 aromatic heterocycles. The van der Waals surface area contributed by atoms with Gasteiger partial charge in [0.1, 0.15) is 0 Å². The maximum absolute atomic E-state index is 12.5. The van der Waals surface area contributed by atoms with Gasteiger partial charge in [0.25, 0.3) is 0 Å². The summed E-state index contributed by atoms with van der Waals surface area (Å²) in [7, 11) is 0. The Bertz CT molecular complexity index is 530. The zero-order chi connectivity index (χ0) is 11.4. The van der Waals surface area contributed by atoms with Gasteiger partial charge in [0.05, 0.1) is 24.0 Å². The summed E-state index contributed by atoms with van der Waals surface area (Å²) in [5.41, 5.74) is 1.22. The number of benzene rings is 1. The summed E-state index contributed by atoms with van der Waals surface area (Å²) >= 11 is 0. The van der Waals surface area contributed by atoms with E-state index in [1.807, 2.05) is 6.07 Å². The Morgan fingerprint density at radius 3 is 2.69 bits per heavy atom. The molecule has 0 unspecified atom stereocenters. The lowest BCUT2D eigenvalue weighted by molar-refractivity contribution is 0.614. The molecular weight excluding hydrogens is 207 g/mol. The molecule has 0 saturated carbocycles. The molecule has 0 aliphatic heterocycles. The zero-order valence-corrected chi connectivity index (χ0v) is 8.18. The van der Waals surface area contributed by atoms with E-state index in [1.165, 1.54) is 0 Å². The standard InChI is InChI=1S/C11H7FN4/c12-9-6-14-11(15-7-9)16-10-3-1-2-8(4-10)5-13/h1-4,6-7H,(H,14,15,16). The maximum atomic E-state index is 12.5. The van der Waals surface area contributed by atoms with Crippen molar-refractivity contribution >= 4 is 11.6 Å². The summed E-state index contributed by atoms with van der Waals surface area (Å²) in [4.78, 5) is 7.50. The van der Waals surface area contributed by atoms with Crippen LogP contribution in [-0.4, -0.2) is 9.97 Å². The minimum absolute atomic E-state index is 0.288. The van der Waals surface area contributed by atoms with Crippen LogP contribution in [0, 0.1) is 17.1 Å². The lowest BCUT2D eigenvalue weighted by Gasteiger charge is -2.03. The molecular formula is C11H7FN4. The third kappa shape index (κ3) is 2.30. The molecule has 0 saturated heterocycles. The van der Waals surface area contributed by atoms with E-state index in [-0.39, 0.29) is 5.95 Å². The topological polar surface area (TPSA) is 61.6 Å². The lowest BCUT2D eigenvalue weighted by Crippen LogP contribution is -1.97. The molecule has 0 amide bonds. The number of rotatable bonds is 2. The highest BCUT2D eigenvalue weighted by Gasteiger charge is 1.99. The van der Waals surface area contributed by atoms with Crippen LogP contribution in [0.1, 0.15) is 5.56 Å². The molecule has 0 aliphatic carbocycles. The molecule has 78 valence electrons. The molecule has 0 aliphatic rings. The number of nitriles is 1. The Morgan fingerprint density at radius 2 is 2.00 bits per heavy atom. The summed E-state index contributed by atoms with van der Waals surface area (Å²) in [6, 6.07) is 8.88. The average Bonchev–Trinajstić information content (AvgIpc) is 2.32. The molecule has 5 heteroatoms. The second kappa shape index (κ2) is 4.36. The Balaban J connectivity index is 2.21. The van der Waals surface area contributed by atoms with Crippen LogP contribution in [0.15, 0.2) is 36.7 Å². The third-order valence-corrected chi connectivity index (χ3v) is 1.87. The predicted octanol–water partition coefficient (Wildman–Crippen LogP) is 2.23. The normalized spacial score (nSPS) is 9.50. The van der Waals surface area contributed by atoms with Crippen molar-refractivity contribution in [3.05, 3.63) is 48.0 Å². The molecule has 0 radical (unpaired) electrons. The monoisotopic (exact) mass is 214 g/mol. The second-order valence-electron chi connectivity index (χ2n) is 3.04. The summed E-state index contributed by atoms with van der Waals surface area (Å²) in [5.74, 6) is -0.201. The summed E-state index contributed by atoms with van der Waals surface area (Å²) < 4.78 is 12.5. The fourth-order valence-electron chi connectivity index (χ4n) is 1.17. The van der Waals surface area contributed by atoms with Crippen LogP contribution < -0.4 is 5.32 Å². The first-order chi connectivity index (χ1) is 7.78. The molecule has 1 N–H and O–H groups in total. The number of aromatic nitrogens is 2. The summed E-state index contributed by atoms with van der Waals surface area (Å²) in [5, 5.41) is 11.6. The van der Waals surface area contributed by atoms with Gasteiger partial charge in [0.15, 0.2) is 5.82 Å². The van der Waals surface area contributed by atoms with Crippen LogP contribution in [0.2, 0.25) is 0 Å². The predicted molar refractivity (Wildman–Crippen MR) is 56.4 cm³/mol. The molecule has 0 spiro atoms. The number of hydrogen-bond donors (Lipinski definition) is 1. The quantitative estimate of drug-likeness (QED) is 0.832. The van der Waals surface area contributed by atoms with Crippen LogP contribution in [0.25, 0.3) is 0 Å². The van der Waals surface area contributed by atoms with Gasteiger partial charge in [0.2, 0.25) is 5.95 Å². The molecule has 0 bridgehead atoms. The van der Waals surface area contributed by atoms with Crippen LogP contribution >= 0.6 is 0 Å². The van der Waals surface area contributed by atoms with Gasteiger partial charge in [-0.15, -0.1) is 0 Å². The Labute approximate surface area is 91.4 Å². The molecule has 0 atom stereocenters. The Kier molecular flexibility index (Phi) is 2.74. The van der Waals surface area contributed by atoms with Crippen molar-refractivity contribution in [2.24, 2.45) is 0 Å². The van der Waals surface area contributed by atoms with Crippen molar-refractivity contribution in [1.29, 1.82) is 5.26 Å². The molecule has 2 rings (SSSR count). The van der Waals surface area contributed by atoms with Crippen LogP contribution in [0.5, 0.6) is 0 Å². The maximum Gasteiger partial charge on any atom is 0.227 e.